The molecule has 1 unspecified atom stereocenters. The average Bonchev–Trinajstić information content (AvgIpc) is 3.26. The normalized spacial score (nSPS) is 20.6. The van der Waals surface area contributed by atoms with E-state index in [1.54, 1.807) is 25.3 Å². The van der Waals surface area contributed by atoms with Gasteiger partial charge in [-0.1, -0.05) is 24.3 Å². The van der Waals surface area contributed by atoms with Gasteiger partial charge in [-0.2, -0.15) is 0 Å². The summed E-state index contributed by atoms with van der Waals surface area (Å²) in [5.41, 5.74) is 0.819. The fraction of sp³-hybridized carbons (Fsp3) is 0.350. The molecule has 6 nitrogen and oxygen atoms in total. The maximum Gasteiger partial charge on any atom is 0.293 e. The van der Waals surface area contributed by atoms with E-state index in [0.717, 1.165) is 35.9 Å². The Morgan fingerprint density at radius 2 is 2.11 bits per heavy atom. The molecule has 3 amide bonds. The van der Waals surface area contributed by atoms with E-state index >= 15 is 0 Å². The zero-order chi connectivity index (χ0) is 19.2. The minimum Gasteiger partial charge on any atom is -0.497 e. The second-order valence-corrected chi connectivity index (χ2v) is 7.42. The Morgan fingerprint density at radius 3 is 2.78 bits per heavy atom. The molecule has 1 aliphatic heterocycles. The molecule has 142 valence electrons. The predicted octanol–water partition coefficient (Wildman–Crippen LogP) is 3.20. The van der Waals surface area contributed by atoms with E-state index in [1.165, 1.54) is 4.90 Å². The van der Waals surface area contributed by atoms with Crippen LogP contribution in [-0.2, 0) is 9.59 Å². The second kappa shape index (κ2) is 8.90. The number of nitrogens with one attached hydrogen (secondary N) is 1. The van der Waals surface area contributed by atoms with E-state index in [4.69, 9.17) is 4.74 Å². The fourth-order valence-electron chi connectivity index (χ4n) is 3.03. The van der Waals surface area contributed by atoms with Crippen molar-refractivity contribution in [3.05, 3.63) is 46.9 Å². The third-order valence-electron chi connectivity index (χ3n) is 4.50. The molecule has 0 bridgehead atoms. The Balaban J connectivity index is 1.51. The quantitative estimate of drug-likeness (QED) is 0.575. The van der Waals surface area contributed by atoms with Gasteiger partial charge in [0.25, 0.3) is 11.1 Å². The van der Waals surface area contributed by atoms with Crippen molar-refractivity contribution in [3.63, 3.8) is 0 Å². The number of imide groups is 1. The molecule has 27 heavy (non-hydrogen) atoms. The van der Waals surface area contributed by atoms with Gasteiger partial charge in [0.2, 0.25) is 5.91 Å². The van der Waals surface area contributed by atoms with E-state index < -0.39 is 0 Å². The summed E-state index contributed by atoms with van der Waals surface area (Å²) in [5.74, 6) is 0.653. The molecule has 7 heteroatoms. The van der Waals surface area contributed by atoms with Crippen molar-refractivity contribution in [3.8, 4) is 5.75 Å². The van der Waals surface area contributed by atoms with Crippen LogP contribution in [0.4, 0.5) is 4.79 Å². The average molecular weight is 386 g/mol. The minimum atomic E-state index is -0.325. The lowest BCUT2D eigenvalue weighted by molar-refractivity contribution is -0.124. The first kappa shape index (κ1) is 19.2. The molecule has 0 radical (unpaired) electrons. The second-order valence-electron chi connectivity index (χ2n) is 6.43. The summed E-state index contributed by atoms with van der Waals surface area (Å²) in [6.45, 7) is 0.444. The van der Waals surface area contributed by atoms with Crippen LogP contribution in [0.2, 0.25) is 0 Å². The lowest BCUT2D eigenvalue weighted by Crippen LogP contribution is -2.37. The Morgan fingerprint density at radius 1 is 1.33 bits per heavy atom. The molecule has 2 aliphatic rings. The zero-order valence-corrected chi connectivity index (χ0v) is 16.0. The lowest BCUT2D eigenvalue weighted by atomic mass is 10.1. The van der Waals surface area contributed by atoms with Gasteiger partial charge in [-0.3, -0.25) is 19.3 Å². The van der Waals surface area contributed by atoms with Crippen molar-refractivity contribution >= 4 is 34.9 Å². The first-order valence-electron chi connectivity index (χ1n) is 8.89. The molecule has 1 aromatic carbocycles. The Kier molecular flexibility index (Phi) is 6.34. The number of allylic oxidation sites excluding steroid dienone is 2. The molecule has 1 fully saturated rings. The molecule has 1 N–H and O–H groups in total. The number of hydrogen-bond donors (Lipinski definition) is 1. The summed E-state index contributed by atoms with van der Waals surface area (Å²) in [5, 5.41) is 2.48. The highest BCUT2D eigenvalue weighted by Gasteiger charge is 2.34. The number of methoxy groups -OCH3 is 1. The van der Waals surface area contributed by atoms with Crippen LogP contribution in [0.5, 0.6) is 5.75 Å². The molecule has 1 atom stereocenters. The monoisotopic (exact) mass is 386 g/mol. The van der Waals surface area contributed by atoms with E-state index in [1.807, 2.05) is 12.1 Å². The lowest BCUT2D eigenvalue weighted by Gasteiger charge is -2.13. The number of amides is 3. The third-order valence-corrected chi connectivity index (χ3v) is 5.41. The van der Waals surface area contributed by atoms with Gasteiger partial charge in [0.05, 0.1) is 12.0 Å². The highest BCUT2D eigenvalue weighted by atomic mass is 32.2. The van der Waals surface area contributed by atoms with Crippen molar-refractivity contribution in [2.75, 3.05) is 20.2 Å². The number of thioether (sulfide) groups is 1. The summed E-state index contributed by atoms with van der Waals surface area (Å²) >= 11 is 0.917. The van der Waals surface area contributed by atoms with E-state index in [-0.39, 0.29) is 30.1 Å². The molecule has 3 rings (SSSR count). The van der Waals surface area contributed by atoms with Crippen molar-refractivity contribution in [2.45, 2.75) is 19.3 Å². The van der Waals surface area contributed by atoms with Gasteiger partial charge in [-0.15, -0.1) is 0 Å². The smallest absolute Gasteiger partial charge is 0.293 e. The summed E-state index contributed by atoms with van der Waals surface area (Å²) in [4.78, 5) is 38.1. The Hall–Kier alpha value is -2.54. The standard InChI is InChI=1S/C20H22N2O4S/c1-26-16-8-6-15(7-9-16)12-17-19(24)22(20(25)27-17)11-10-21-18(23)13-14-4-2-3-5-14/h2,4,6-9,12,14H,3,5,10-11,13H2,1H3,(H,21,23)/b17-12-. The van der Waals surface area contributed by atoms with Gasteiger partial charge in [0.15, 0.2) is 0 Å². The Labute approximate surface area is 162 Å². The van der Waals surface area contributed by atoms with Crippen LogP contribution < -0.4 is 10.1 Å². The first-order chi connectivity index (χ1) is 13.1. The molecule has 0 saturated carbocycles. The molecule has 1 saturated heterocycles. The van der Waals surface area contributed by atoms with Crippen LogP contribution in [0, 0.1) is 5.92 Å². The van der Waals surface area contributed by atoms with Gasteiger partial charge < -0.3 is 10.1 Å². The number of hydrogen-bond acceptors (Lipinski definition) is 5. The highest BCUT2D eigenvalue weighted by Crippen LogP contribution is 2.32. The number of ether oxygens (including phenoxy) is 1. The van der Waals surface area contributed by atoms with Gasteiger partial charge >= 0.3 is 0 Å². The van der Waals surface area contributed by atoms with E-state index in [0.29, 0.717) is 17.2 Å². The molecule has 0 aromatic heterocycles. The van der Waals surface area contributed by atoms with Gasteiger partial charge in [-0.25, -0.2) is 0 Å². The maximum absolute atomic E-state index is 12.5. The Bertz CT molecular complexity index is 786. The van der Waals surface area contributed by atoms with Crippen LogP contribution in [0.15, 0.2) is 41.3 Å². The van der Waals surface area contributed by atoms with E-state index in [2.05, 4.69) is 17.5 Å². The highest BCUT2D eigenvalue weighted by molar-refractivity contribution is 8.18. The maximum atomic E-state index is 12.5. The summed E-state index contributed by atoms with van der Waals surface area (Å²) < 4.78 is 5.11. The molecular formula is C20H22N2O4S. The third kappa shape index (κ3) is 5.01. The van der Waals surface area contributed by atoms with E-state index in [9.17, 15) is 14.4 Å². The molecular weight excluding hydrogens is 364 g/mol. The van der Waals surface area contributed by atoms with Crippen LogP contribution in [0.3, 0.4) is 0 Å². The first-order valence-corrected chi connectivity index (χ1v) is 9.71. The molecule has 1 aromatic rings. The number of carbonyl (C=O) groups is 3. The van der Waals surface area contributed by atoms with Crippen LogP contribution in [0.25, 0.3) is 6.08 Å². The van der Waals surface area contributed by atoms with Crippen molar-refractivity contribution in [1.82, 2.24) is 10.2 Å². The van der Waals surface area contributed by atoms with Crippen LogP contribution in [0.1, 0.15) is 24.8 Å². The van der Waals surface area contributed by atoms with Gasteiger partial charge in [-0.05, 0) is 54.3 Å². The fourth-order valence-corrected chi connectivity index (χ4v) is 3.89. The van der Waals surface area contributed by atoms with Crippen LogP contribution >= 0.6 is 11.8 Å². The predicted molar refractivity (Wildman–Crippen MR) is 105 cm³/mol. The molecule has 1 aliphatic carbocycles. The zero-order valence-electron chi connectivity index (χ0n) is 15.1. The minimum absolute atomic E-state index is 0.0488. The van der Waals surface area contributed by atoms with Crippen LogP contribution in [-0.4, -0.2) is 42.2 Å². The summed E-state index contributed by atoms with van der Waals surface area (Å²) in [6.07, 6.45) is 8.33. The summed E-state index contributed by atoms with van der Waals surface area (Å²) in [6, 6.07) is 7.24. The van der Waals surface area contributed by atoms with Gasteiger partial charge in [0, 0.05) is 19.5 Å². The summed E-state index contributed by atoms with van der Waals surface area (Å²) in [7, 11) is 1.59. The van der Waals surface area contributed by atoms with Gasteiger partial charge in [0.1, 0.15) is 5.75 Å². The molecule has 1 heterocycles. The number of rotatable bonds is 7. The topological polar surface area (TPSA) is 75.7 Å². The van der Waals surface area contributed by atoms with Crippen molar-refractivity contribution < 1.29 is 19.1 Å². The molecule has 0 spiro atoms. The largest absolute Gasteiger partial charge is 0.497 e. The van der Waals surface area contributed by atoms with Crippen molar-refractivity contribution in [2.24, 2.45) is 5.92 Å². The SMILES string of the molecule is COc1ccc(/C=C2\SC(=O)N(CCNC(=O)CC3C=CCC3)C2=O)cc1. The number of carbonyl (C=O) groups excluding carboxylic acids is 3. The number of benzene rings is 1. The number of nitrogens with zero attached hydrogens (tertiary/aromatic N) is 1. The van der Waals surface area contributed by atoms with Crippen molar-refractivity contribution in [1.29, 1.82) is 0 Å².